The first-order chi connectivity index (χ1) is 15.3. The summed E-state index contributed by atoms with van der Waals surface area (Å²) in [5.41, 5.74) is 0.439. The number of carbonyl (C=O) groups is 1. The summed E-state index contributed by atoms with van der Waals surface area (Å²) in [6.07, 6.45) is 1.63. The van der Waals surface area contributed by atoms with Crippen LogP contribution in [0.3, 0.4) is 0 Å². The van der Waals surface area contributed by atoms with Crippen molar-refractivity contribution in [2.75, 3.05) is 43.5 Å². The molecular weight excluding hydrogens is 436 g/mol. The molecule has 1 saturated heterocycles. The second kappa shape index (κ2) is 9.24. The lowest BCUT2D eigenvalue weighted by atomic mass is 9.97. The quantitative estimate of drug-likeness (QED) is 0.577. The topological polar surface area (TPSA) is 61.4 Å². The summed E-state index contributed by atoms with van der Waals surface area (Å²) in [5.74, 6) is -0.604. The molecule has 1 aliphatic heterocycles. The third-order valence-corrected chi connectivity index (χ3v) is 6.08. The SMILES string of the molecule is CN(C)c1nc(N2CCC(CNC(=O)c3c(F)ccc(F)c3Cl)CC2)nc2ccccc12. The van der Waals surface area contributed by atoms with E-state index >= 15 is 0 Å². The van der Waals surface area contributed by atoms with Crippen molar-refractivity contribution >= 4 is 40.2 Å². The Hall–Kier alpha value is -3.00. The molecule has 2 heterocycles. The Bertz CT molecular complexity index is 1150. The predicted octanol–water partition coefficient (Wildman–Crippen LogP) is 4.27. The van der Waals surface area contributed by atoms with Crippen LogP contribution in [0.15, 0.2) is 36.4 Å². The Balaban J connectivity index is 1.40. The summed E-state index contributed by atoms with van der Waals surface area (Å²) < 4.78 is 27.5. The summed E-state index contributed by atoms with van der Waals surface area (Å²) in [4.78, 5) is 26.0. The van der Waals surface area contributed by atoms with Gasteiger partial charge >= 0.3 is 0 Å². The molecule has 9 heteroatoms. The highest BCUT2D eigenvalue weighted by molar-refractivity contribution is 6.34. The zero-order valence-electron chi connectivity index (χ0n) is 17.9. The Labute approximate surface area is 190 Å². The van der Waals surface area contributed by atoms with E-state index in [2.05, 4.69) is 10.2 Å². The van der Waals surface area contributed by atoms with Gasteiger partial charge in [-0.3, -0.25) is 4.79 Å². The molecule has 4 rings (SSSR count). The van der Waals surface area contributed by atoms with Crippen LogP contribution >= 0.6 is 11.6 Å². The maximum atomic E-state index is 13.9. The zero-order chi connectivity index (χ0) is 22.8. The molecule has 1 N–H and O–H groups in total. The van der Waals surface area contributed by atoms with Crippen LogP contribution in [-0.4, -0.2) is 49.6 Å². The van der Waals surface area contributed by atoms with E-state index < -0.39 is 28.1 Å². The minimum atomic E-state index is -0.839. The molecule has 0 saturated carbocycles. The van der Waals surface area contributed by atoms with E-state index in [9.17, 15) is 13.6 Å². The second-order valence-electron chi connectivity index (χ2n) is 8.12. The van der Waals surface area contributed by atoms with Crippen molar-refractivity contribution in [1.29, 1.82) is 0 Å². The molecule has 32 heavy (non-hydrogen) atoms. The second-order valence-corrected chi connectivity index (χ2v) is 8.50. The lowest BCUT2D eigenvalue weighted by Crippen LogP contribution is -2.39. The van der Waals surface area contributed by atoms with E-state index in [1.165, 1.54) is 0 Å². The number of amides is 1. The molecular formula is C23H24ClF2N5O. The normalized spacial score (nSPS) is 14.6. The third kappa shape index (κ3) is 4.46. The van der Waals surface area contributed by atoms with E-state index in [0.29, 0.717) is 12.5 Å². The highest BCUT2D eigenvalue weighted by Gasteiger charge is 2.24. The number of carbonyl (C=O) groups excluding carboxylic acids is 1. The van der Waals surface area contributed by atoms with Gasteiger partial charge in [0.15, 0.2) is 0 Å². The molecule has 168 valence electrons. The molecule has 0 spiro atoms. The van der Waals surface area contributed by atoms with Gasteiger partial charge in [0.05, 0.1) is 16.1 Å². The lowest BCUT2D eigenvalue weighted by Gasteiger charge is -2.32. The molecule has 6 nitrogen and oxygen atoms in total. The summed E-state index contributed by atoms with van der Waals surface area (Å²) in [7, 11) is 3.92. The summed E-state index contributed by atoms with van der Waals surface area (Å²) in [6.45, 7) is 1.84. The standard InChI is InChI=1S/C23H24ClF2N5O/c1-30(2)21-15-5-3-4-6-18(15)28-23(29-21)31-11-9-14(10-12-31)13-27-22(32)19-16(25)7-8-17(26)20(19)24/h3-8,14H,9-13H2,1-2H3,(H,27,32). The van der Waals surface area contributed by atoms with Gasteiger partial charge in [0.2, 0.25) is 5.95 Å². The lowest BCUT2D eigenvalue weighted by molar-refractivity contribution is 0.0940. The fraction of sp³-hybridized carbons (Fsp3) is 0.348. The smallest absolute Gasteiger partial charge is 0.255 e. The first-order valence-corrected chi connectivity index (χ1v) is 10.8. The number of halogens is 3. The number of rotatable bonds is 5. The Kier molecular flexibility index (Phi) is 6.41. The summed E-state index contributed by atoms with van der Waals surface area (Å²) >= 11 is 5.78. The van der Waals surface area contributed by atoms with Crippen molar-refractivity contribution in [2.45, 2.75) is 12.8 Å². The molecule has 0 atom stereocenters. The zero-order valence-corrected chi connectivity index (χ0v) is 18.7. The minimum absolute atomic E-state index is 0.208. The Morgan fingerprint density at radius 1 is 1.12 bits per heavy atom. The van der Waals surface area contributed by atoms with Crippen LogP contribution in [0, 0.1) is 17.6 Å². The van der Waals surface area contributed by atoms with Gasteiger partial charge in [0.25, 0.3) is 5.91 Å². The van der Waals surface area contributed by atoms with Crippen LogP contribution in [0.5, 0.6) is 0 Å². The van der Waals surface area contributed by atoms with E-state index in [-0.39, 0.29) is 5.92 Å². The molecule has 1 aliphatic rings. The number of aromatic nitrogens is 2. The highest BCUT2D eigenvalue weighted by Crippen LogP contribution is 2.28. The van der Waals surface area contributed by atoms with Gasteiger partial charge < -0.3 is 15.1 Å². The Morgan fingerprint density at radius 2 is 1.81 bits per heavy atom. The summed E-state index contributed by atoms with van der Waals surface area (Å²) in [5, 5.41) is 3.20. The third-order valence-electron chi connectivity index (χ3n) is 5.71. The van der Waals surface area contributed by atoms with Crippen molar-refractivity contribution in [3.8, 4) is 0 Å². The maximum absolute atomic E-state index is 13.9. The fourth-order valence-electron chi connectivity index (χ4n) is 3.93. The van der Waals surface area contributed by atoms with Crippen molar-refractivity contribution in [2.24, 2.45) is 5.92 Å². The monoisotopic (exact) mass is 459 g/mol. The molecule has 0 aliphatic carbocycles. The van der Waals surface area contributed by atoms with Crippen molar-refractivity contribution in [3.63, 3.8) is 0 Å². The van der Waals surface area contributed by atoms with Gasteiger partial charge in [0, 0.05) is 39.1 Å². The number of piperidine rings is 1. The molecule has 1 fully saturated rings. The molecule has 2 aromatic carbocycles. The Morgan fingerprint density at radius 3 is 2.53 bits per heavy atom. The van der Waals surface area contributed by atoms with E-state index in [1.807, 2.05) is 43.3 Å². The van der Waals surface area contributed by atoms with Gasteiger partial charge in [0.1, 0.15) is 17.5 Å². The number of hydrogen-bond donors (Lipinski definition) is 1. The number of para-hydroxylation sites is 1. The van der Waals surface area contributed by atoms with Crippen molar-refractivity contribution < 1.29 is 13.6 Å². The van der Waals surface area contributed by atoms with E-state index in [1.54, 1.807) is 0 Å². The number of nitrogens with one attached hydrogen (secondary N) is 1. The minimum Gasteiger partial charge on any atom is -0.362 e. The number of fused-ring (bicyclic) bond motifs is 1. The average Bonchev–Trinajstić information content (AvgIpc) is 2.80. The predicted molar refractivity (Wildman–Crippen MR) is 123 cm³/mol. The number of anilines is 2. The van der Waals surface area contributed by atoms with Crippen molar-refractivity contribution in [3.05, 3.63) is 58.6 Å². The first kappa shape index (κ1) is 22.2. The van der Waals surface area contributed by atoms with Crippen LogP contribution in [-0.2, 0) is 0 Å². The van der Waals surface area contributed by atoms with Gasteiger partial charge in [-0.25, -0.2) is 13.8 Å². The van der Waals surface area contributed by atoms with Crippen LogP contribution in [0.1, 0.15) is 23.2 Å². The summed E-state index contributed by atoms with van der Waals surface area (Å²) in [6, 6.07) is 9.73. The molecule has 0 bridgehead atoms. The van der Waals surface area contributed by atoms with Crippen LogP contribution in [0.4, 0.5) is 20.5 Å². The van der Waals surface area contributed by atoms with Crippen LogP contribution in [0.2, 0.25) is 5.02 Å². The molecule has 1 aromatic heterocycles. The van der Waals surface area contributed by atoms with Gasteiger partial charge in [-0.1, -0.05) is 23.7 Å². The highest BCUT2D eigenvalue weighted by atomic mass is 35.5. The largest absolute Gasteiger partial charge is 0.362 e. The van der Waals surface area contributed by atoms with Gasteiger partial charge in [-0.2, -0.15) is 4.98 Å². The average molecular weight is 460 g/mol. The fourth-order valence-corrected chi connectivity index (χ4v) is 4.17. The van der Waals surface area contributed by atoms with Gasteiger partial charge in [-0.05, 0) is 43.0 Å². The number of benzene rings is 2. The molecule has 1 amide bonds. The van der Waals surface area contributed by atoms with Gasteiger partial charge in [-0.15, -0.1) is 0 Å². The van der Waals surface area contributed by atoms with Crippen molar-refractivity contribution in [1.82, 2.24) is 15.3 Å². The first-order valence-electron chi connectivity index (χ1n) is 10.5. The molecule has 3 aromatic rings. The molecule has 0 radical (unpaired) electrons. The maximum Gasteiger partial charge on any atom is 0.255 e. The number of nitrogens with zero attached hydrogens (tertiary/aromatic N) is 4. The number of hydrogen-bond acceptors (Lipinski definition) is 5. The van der Waals surface area contributed by atoms with E-state index in [0.717, 1.165) is 54.8 Å². The van der Waals surface area contributed by atoms with E-state index in [4.69, 9.17) is 21.6 Å². The molecule has 0 unspecified atom stereocenters. The van der Waals surface area contributed by atoms with Crippen LogP contribution in [0.25, 0.3) is 10.9 Å². The van der Waals surface area contributed by atoms with Crippen LogP contribution < -0.4 is 15.1 Å².